The van der Waals surface area contributed by atoms with Crippen LogP contribution < -0.4 is 5.73 Å². The van der Waals surface area contributed by atoms with Gasteiger partial charge in [-0.3, -0.25) is 10.4 Å². The number of ether oxygens (including phenoxy) is 1. The third kappa shape index (κ3) is 5.59. The van der Waals surface area contributed by atoms with Crippen LogP contribution in [0.3, 0.4) is 0 Å². The number of rotatable bonds is 2. The van der Waals surface area contributed by atoms with E-state index in [-0.39, 0.29) is 22.6 Å². The molecule has 0 aromatic heterocycles. The molecule has 0 aliphatic carbocycles. The minimum absolute atomic E-state index is 0.0663. The van der Waals surface area contributed by atoms with Gasteiger partial charge in [0.15, 0.2) is 5.84 Å². The second-order valence-electron chi connectivity index (χ2n) is 5.53. The molecule has 1 heterocycles. The topological polar surface area (TPSA) is 91.8 Å². The number of amides is 1. The number of likely N-dealkylation sites (tertiary alicyclic amines) is 1. The van der Waals surface area contributed by atoms with Crippen LogP contribution in [0.5, 0.6) is 0 Å². The zero-order valence-electron chi connectivity index (χ0n) is 11.6. The van der Waals surface area contributed by atoms with E-state index in [1.165, 1.54) is 0 Å². The molecule has 0 bridgehead atoms. The first-order valence-electron chi connectivity index (χ1n) is 6.24. The largest absolute Gasteiger partial charge is 0.444 e. The van der Waals surface area contributed by atoms with Crippen molar-refractivity contribution in [1.82, 2.24) is 4.90 Å². The molecule has 1 amide bonds. The van der Waals surface area contributed by atoms with Crippen LogP contribution in [0.2, 0.25) is 0 Å². The summed E-state index contributed by atoms with van der Waals surface area (Å²) in [5.41, 5.74) is 5.13. The first kappa shape index (κ1) is 15.9. The summed E-state index contributed by atoms with van der Waals surface area (Å²) in [6.07, 6.45) is 1.19. The van der Waals surface area contributed by atoms with Crippen molar-refractivity contribution in [2.45, 2.75) is 45.3 Å². The molecule has 0 spiro atoms. The highest BCUT2D eigenvalue weighted by Gasteiger charge is 2.26. The minimum atomic E-state index is -0.471. The Labute approximate surface area is 122 Å². The summed E-state index contributed by atoms with van der Waals surface area (Å²) >= 11 is 2.98. The number of carbonyl (C=O) groups excluding carboxylic acids is 1. The Kier molecular flexibility index (Phi) is 5.34. The molecule has 1 fully saturated rings. The summed E-state index contributed by atoms with van der Waals surface area (Å²) in [4.78, 5) is 17.8. The van der Waals surface area contributed by atoms with E-state index < -0.39 is 5.60 Å². The van der Waals surface area contributed by atoms with Gasteiger partial charge in [0, 0.05) is 13.1 Å². The predicted octanol–water partition coefficient (Wildman–Crippen LogP) is 2.12. The highest BCUT2D eigenvalue weighted by Crippen LogP contribution is 2.17. The van der Waals surface area contributed by atoms with Crippen molar-refractivity contribution in [3.05, 3.63) is 0 Å². The molecule has 1 aliphatic rings. The van der Waals surface area contributed by atoms with Crippen LogP contribution in [0, 0.1) is 5.41 Å². The van der Waals surface area contributed by atoms with E-state index in [1.54, 1.807) is 4.90 Å². The number of carbonyl (C=O) groups is 1. The van der Waals surface area contributed by atoms with Gasteiger partial charge in [0.05, 0.1) is 6.04 Å². The van der Waals surface area contributed by atoms with Crippen LogP contribution in [0.1, 0.15) is 33.6 Å². The van der Waals surface area contributed by atoms with Crippen molar-refractivity contribution in [3.63, 3.8) is 0 Å². The van der Waals surface area contributed by atoms with Crippen molar-refractivity contribution >= 4 is 32.5 Å². The highest BCUT2D eigenvalue weighted by molar-refractivity contribution is 9.19. The molecule has 0 radical (unpaired) electrons. The Morgan fingerprint density at radius 2 is 1.95 bits per heavy atom. The third-order valence-corrected chi connectivity index (χ3v) is 3.07. The van der Waals surface area contributed by atoms with E-state index in [0.717, 1.165) is 12.8 Å². The van der Waals surface area contributed by atoms with Gasteiger partial charge >= 0.3 is 6.09 Å². The van der Waals surface area contributed by atoms with Crippen LogP contribution in [-0.2, 0) is 4.74 Å². The second-order valence-corrected chi connectivity index (χ2v) is 6.32. The summed E-state index contributed by atoms with van der Waals surface area (Å²) in [5.74, 6) is 0.204. The lowest BCUT2D eigenvalue weighted by Crippen LogP contribution is -2.43. The molecule has 1 rings (SSSR count). The summed E-state index contributed by atoms with van der Waals surface area (Å²) in [7, 11) is 0. The lowest BCUT2D eigenvalue weighted by atomic mass is 10.1. The van der Waals surface area contributed by atoms with E-state index in [4.69, 9.17) is 15.9 Å². The van der Waals surface area contributed by atoms with E-state index in [1.807, 2.05) is 20.8 Å². The summed E-state index contributed by atoms with van der Waals surface area (Å²) in [6, 6.07) is 0.0663. The predicted molar refractivity (Wildman–Crippen MR) is 79.1 cm³/mol. The van der Waals surface area contributed by atoms with Gasteiger partial charge in [-0.25, -0.2) is 4.79 Å². The Hall–Kier alpha value is -1.11. The molecule has 7 heteroatoms. The minimum Gasteiger partial charge on any atom is -0.444 e. The van der Waals surface area contributed by atoms with Crippen LogP contribution in [0.25, 0.3) is 0 Å². The Morgan fingerprint density at radius 1 is 1.42 bits per heavy atom. The molecule has 0 atom stereocenters. The van der Waals surface area contributed by atoms with E-state index >= 15 is 0 Å². The maximum Gasteiger partial charge on any atom is 0.410 e. The Balaban J connectivity index is 2.47. The lowest BCUT2D eigenvalue weighted by Gasteiger charge is -2.32. The van der Waals surface area contributed by atoms with Gasteiger partial charge in [-0.2, -0.15) is 0 Å². The molecule has 0 saturated carbocycles. The molecule has 1 saturated heterocycles. The molecule has 6 nitrogen and oxygen atoms in total. The lowest BCUT2D eigenvalue weighted by molar-refractivity contribution is 0.0207. The van der Waals surface area contributed by atoms with E-state index in [0.29, 0.717) is 13.1 Å². The van der Waals surface area contributed by atoms with Crippen molar-refractivity contribution in [1.29, 1.82) is 5.41 Å². The van der Waals surface area contributed by atoms with Gasteiger partial charge in [-0.1, -0.05) is 0 Å². The first-order chi connectivity index (χ1) is 8.69. The van der Waals surface area contributed by atoms with Gasteiger partial charge in [0.1, 0.15) is 10.2 Å². The molecule has 0 unspecified atom stereocenters. The number of nitrogens with zero attached hydrogens (tertiary/aromatic N) is 2. The molecule has 1 aliphatic heterocycles. The smallest absolute Gasteiger partial charge is 0.410 e. The zero-order valence-corrected chi connectivity index (χ0v) is 13.2. The average molecular weight is 333 g/mol. The van der Waals surface area contributed by atoms with Gasteiger partial charge in [0.25, 0.3) is 0 Å². The van der Waals surface area contributed by atoms with Crippen LogP contribution in [-0.4, -0.2) is 46.2 Å². The quantitative estimate of drug-likeness (QED) is 0.599. The van der Waals surface area contributed by atoms with Crippen LogP contribution >= 0.6 is 15.9 Å². The maximum atomic E-state index is 11.9. The van der Waals surface area contributed by atoms with Crippen molar-refractivity contribution in [2.75, 3.05) is 13.1 Å². The number of hydrogen-bond acceptors (Lipinski definition) is 4. The molecule has 108 valence electrons. The third-order valence-electron chi connectivity index (χ3n) is 2.66. The van der Waals surface area contributed by atoms with Crippen LogP contribution in [0.4, 0.5) is 4.79 Å². The molecular formula is C12H21BrN4O2. The summed E-state index contributed by atoms with van der Waals surface area (Å²) in [6.45, 7) is 6.76. The molecule has 19 heavy (non-hydrogen) atoms. The second kappa shape index (κ2) is 6.36. The SMILES string of the molecule is CC(C)(C)OC(=O)N1CCC(N=C(N)C(=N)Br)CC1. The summed E-state index contributed by atoms with van der Waals surface area (Å²) < 4.78 is 5.42. The number of hydrogen-bond donors (Lipinski definition) is 2. The number of piperidine rings is 1. The van der Waals surface area contributed by atoms with Crippen molar-refractivity contribution in [3.8, 4) is 0 Å². The zero-order chi connectivity index (χ0) is 14.6. The van der Waals surface area contributed by atoms with Gasteiger partial charge in [-0.05, 0) is 49.5 Å². The summed E-state index contributed by atoms with van der Waals surface area (Å²) in [5, 5.41) is 7.30. The molecular weight excluding hydrogens is 312 g/mol. The fraction of sp³-hybridized carbons (Fsp3) is 0.750. The fourth-order valence-electron chi connectivity index (χ4n) is 1.76. The number of nitrogens with two attached hydrogens (primary N) is 1. The normalized spacial score (nSPS) is 18.3. The van der Waals surface area contributed by atoms with Crippen molar-refractivity contribution < 1.29 is 9.53 Å². The average Bonchev–Trinajstić information content (AvgIpc) is 2.27. The van der Waals surface area contributed by atoms with Gasteiger partial charge in [0.2, 0.25) is 0 Å². The number of halogens is 1. The van der Waals surface area contributed by atoms with Gasteiger partial charge in [-0.15, -0.1) is 0 Å². The Bertz CT molecular complexity index is 382. The van der Waals surface area contributed by atoms with Gasteiger partial charge < -0.3 is 15.4 Å². The van der Waals surface area contributed by atoms with E-state index in [9.17, 15) is 4.79 Å². The highest BCUT2D eigenvalue weighted by atomic mass is 79.9. The molecule has 3 N–H and O–H groups in total. The maximum absolute atomic E-state index is 11.9. The van der Waals surface area contributed by atoms with Crippen LogP contribution in [0.15, 0.2) is 4.99 Å². The number of aliphatic imine (C=N–C) groups is 1. The molecule has 0 aromatic carbocycles. The number of nitrogens with one attached hydrogen (secondary N) is 1. The van der Waals surface area contributed by atoms with Crippen molar-refractivity contribution in [2.24, 2.45) is 10.7 Å². The Morgan fingerprint density at radius 3 is 2.37 bits per heavy atom. The first-order valence-corrected chi connectivity index (χ1v) is 7.04. The number of amidine groups is 1. The van der Waals surface area contributed by atoms with E-state index in [2.05, 4.69) is 20.9 Å². The molecule has 0 aromatic rings. The standard InChI is InChI=1S/C12H21BrN4O2/c1-12(2,3)19-11(18)17-6-4-8(5-7-17)16-10(15)9(13)14/h8,14H,4-7H2,1-3H3,(H2,15,16). The fourth-order valence-corrected chi connectivity index (χ4v) is 1.86. The monoisotopic (exact) mass is 332 g/mol.